The fraction of sp³-hybridized carbons (Fsp3) is 0.789. The number of nitrogens with one attached hydrogen (secondary N) is 2. The van der Waals surface area contributed by atoms with E-state index >= 15 is 0 Å². The second-order valence-corrected chi connectivity index (χ2v) is 7.99. The van der Waals surface area contributed by atoms with Crippen LogP contribution in [-0.2, 0) is 12.8 Å². The molecule has 6 nitrogen and oxygen atoms in total. The molecule has 0 aromatic carbocycles. The van der Waals surface area contributed by atoms with Gasteiger partial charge in [-0.1, -0.05) is 13.8 Å². The van der Waals surface area contributed by atoms with E-state index in [1.807, 2.05) is 17.5 Å². The average Bonchev–Trinajstić information content (AvgIpc) is 3.14. The molecule has 1 aromatic rings. The summed E-state index contributed by atoms with van der Waals surface area (Å²) in [7, 11) is 0. The van der Waals surface area contributed by atoms with Crippen LogP contribution in [-0.4, -0.2) is 79.1 Å². The van der Waals surface area contributed by atoms with Crippen molar-refractivity contribution in [2.45, 2.75) is 46.6 Å². The smallest absolute Gasteiger partial charge is 0.191 e. The largest absolute Gasteiger partial charge is 0.357 e. The number of aromatic nitrogens is 1. The summed E-state index contributed by atoms with van der Waals surface area (Å²) in [4.78, 5) is 15.7. The van der Waals surface area contributed by atoms with Crippen LogP contribution in [0.1, 0.15) is 37.6 Å². The number of halogens is 1. The van der Waals surface area contributed by atoms with Crippen LogP contribution in [0.25, 0.3) is 0 Å². The number of piperazine rings is 1. The van der Waals surface area contributed by atoms with Gasteiger partial charge < -0.3 is 15.5 Å². The minimum Gasteiger partial charge on any atom is -0.357 e. The molecule has 0 aliphatic carbocycles. The molecule has 1 fully saturated rings. The molecule has 1 unspecified atom stereocenters. The maximum absolute atomic E-state index is 4.80. The monoisotopic (exact) mass is 508 g/mol. The van der Waals surface area contributed by atoms with Gasteiger partial charge in [0.15, 0.2) is 5.96 Å². The van der Waals surface area contributed by atoms with E-state index in [0.717, 1.165) is 58.1 Å². The third-order valence-electron chi connectivity index (χ3n) is 4.92. The minimum atomic E-state index is 0. The highest BCUT2D eigenvalue weighted by molar-refractivity contribution is 14.0. The van der Waals surface area contributed by atoms with Gasteiger partial charge in [0.1, 0.15) is 0 Å². The number of thiazole rings is 1. The summed E-state index contributed by atoms with van der Waals surface area (Å²) in [6, 6.07) is 0.482. The molecule has 0 amide bonds. The van der Waals surface area contributed by atoms with Crippen molar-refractivity contribution < 1.29 is 0 Å². The zero-order chi connectivity index (χ0) is 18.8. The van der Waals surface area contributed by atoms with Crippen molar-refractivity contribution in [3.63, 3.8) is 0 Å². The molecule has 1 aromatic heterocycles. The number of hydrogen-bond acceptors (Lipinski definition) is 5. The van der Waals surface area contributed by atoms with Gasteiger partial charge >= 0.3 is 0 Å². The zero-order valence-electron chi connectivity index (χ0n) is 17.3. The van der Waals surface area contributed by atoms with Crippen LogP contribution in [0.4, 0.5) is 0 Å². The maximum Gasteiger partial charge on any atom is 0.191 e. The lowest BCUT2D eigenvalue weighted by Crippen LogP contribution is -2.50. The topological polar surface area (TPSA) is 55.8 Å². The van der Waals surface area contributed by atoms with Crippen LogP contribution in [0, 0.1) is 0 Å². The third kappa shape index (κ3) is 8.62. The van der Waals surface area contributed by atoms with Crippen molar-refractivity contribution in [1.82, 2.24) is 25.4 Å². The molecule has 1 saturated heterocycles. The van der Waals surface area contributed by atoms with E-state index in [2.05, 4.69) is 53.1 Å². The molecule has 2 rings (SSSR count). The van der Waals surface area contributed by atoms with Crippen molar-refractivity contribution in [2.24, 2.45) is 4.99 Å². The van der Waals surface area contributed by atoms with Crippen LogP contribution in [0.15, 0.2) is 11.2 Å². The standard InChI is InChI=1S/C19H36N6S.HI/c1-5-17-15-22-18(26-17)8-9-21-19(20-6-2)23-14-16(4)25-12-10-24(7-3)11-13-25;/h15-16H,5-14H2,1-4H3,(H2,20,21,23);1H. The second kappa shape index (κ2) is 13.7. The summed E-state index contributed by atoms with van der Waals surface area (Å²) in [6.07, 6.45) is 4.02. The molecular weight excluding hydrogens is 471 g/mol. The SMILES string of the molecule is CCNC(=NCC(C)N1CCN(CC)CC1)NCCc1ncc(CC)s1.I. The number of rotatable bonds is 9. The zero-order valence-corrected chi connectivity index (χ0v) is 20.5. The first kappa shape index (κ1) is 24.6. The summed E-state index contributed by atoms with van der Waals surface area (Å²) >= 11 is 1.81. The molecule has 0 radical (unpaired) electrons. The number of nitrogens with zero attached hydrogens (tertiary/aromatic N) is 4. The Morgan fingerprint density at radius 2 is 1.96 bits per heavy atom. The molecule has 0 spiro atoms. The third-order valence-corrected chi connectivity index (χ3v) is 6.12. The predicted octanol–water partition coefficient (Wildman–Crippen LogP) is 2.45. The van der Waals surface area contributed by atoms with Gasteiger partial charge in [0.25, 0.3) is 0 Å². The highest BCUT2D eigenvalue weighted by Gasteiger charge is 2.19. The summed E-state index contributed by atoms with van der Waals surface area (Å²) in [5.74, 6) is 0.916. The average molecular weight is 509 g/mol. The van der Waals surface area contributed by atoms with E-state index in [-0.39, 0.29) is 24.0 Å². The lowest BCUT2D eigenvalue weighted by atomic mass is 10.2. The molecule has 1 atom stereocenters. The van der Waals surface area contributed by atoms with Gasteiger partial charge in [0.05, 0.1) is 11.6 Å². The highest BCUT2D eigenvalue weighted by Crippen LogP contribution is 2.13. The number of guanidine groups is 1. The Balaban J connectivity index is 0.00000364. The Kier molecular flexibility index (Phi) is 12.5. The molecule has 1 aliphatic rings. The molecule has 2 heterocycles. The molecule has 156 valence electrons. The Morgan fingerprint density at radius 1 is 1.22 bits per heavy atom. The predicted molar refractivity (Wildman–Crippen MR) is 128 cm³/mol. The first-order chi connectivity index (χ1) is 12.7. The van der Waals surface area contributed by atoms with Crippen molar-refractivity contribution in [2.75, 3.05) is 52.4 Å². The van der Waals surface area contributed by atoms with Gasteiger partial charge in [-0.15, -0.1) is 35.3 Å². The Bertz CT molecular complexity index is 542. The van der Waals surface area contributed by atoms with Gasteiger partial charge in [0, 0.05) is 62.8 Å². The van der Waals surface area contributed by atoms with Gasteiger partial charge in [0.2, 0.25) is 0 Å². The van der Waals surface area contributed by atoms with Gasteiger partial charge in [-0.2, -0.15) is 0 Å². The Hall–Kier alpha value is -0.450. The molecular formula is C19H37IN6S. The second-order valence-electron chi connectivity index (χ2n) is 6.79. The van der Waals surface area contributed by atoms with Crippen LogP contribution in [0.2, 0.25) is 0 Å². The lowest BCUT2D eigenvalue weighted by Gasteiger charge is -2.37. The lowest BCUT2D eigenvalue weighted by molar-refractivity contribution is 0.109. The highest BCUT2D eigenvalue weighted by atomic mass is 127. The Morgan fingerprint density at radius 3 is 2.56 bits per heavy atom. The van der Waals surface area contributed by atoms with Crippen molar-refractivity contribution in [3.05, 3.63) is 16.1 Å². The van der Waals surface area contributed by atoms with Crippen molar-refractivity contribution in [3.8, 4) is 0 Å². The van der Waals surface area contributed by atoms with Gasteiger partial charge in [-0.25, -0.2) is 4.98 Å². The molecule has 27 heavy (non-hydrogen) atoms. The minimum absolute atomic E-state index is 0. The van der Waals surface area contributed by atoms with Crippen LogP contribution >= 0.6 is 35.3 Å². The van der Waals surface area contributed by atoms with Crippen molar-refractivity contribution >= 4 is 41.3 Å². The summed E-state index contributed by atoms with van der Waals surface area (Å²) in [5, 5.41) is 8.01. The number of aliphatic imine (C=N–C) groups is 1. The number of hydrogen-bond donors (Lipinski definition) is 2. The van der Waals surface area contributed by atoms with E-state index < -0.39 is 0 Å². The fourth-order valence-corrected chi connectivity index (χ4v) is 3.98. The molecule has 8 heteroatoms. The Labute approximate surface area is 186 Å². The van der Waals surface area contributed by atoms with Crippen LogP contribution in [0.3, 0.4) is 0 Å². The van der Waals surface area contributed by atoms with Gasteiger partial charge in [-0.05, 0) is 26.8 Å². The van der Waals surface area contributed by atoms with Crippen LogP contribution < -0.4 is 10.6 Å². The summed E-state index contributed by atoms with van der Waals surface area (Å²) in [6.45, 7) is 17.2. The first-order valence-electron chi connectivity index (χ1n) is 10.1. The normalized spacial score (nSPS) is 17.4. The quantitative estimate of drug-likeness (QED) is 0.305. The van der Waals surface area contributed by atoms with E-state index in [4.69, 9.17) is 4.99 Å². The van der Waals surface area contributed by atoms with Crippen LogP contribution in [0.5, 0.6) is 0 Å². The summed E-state index contributed by atoms with van der Waals surface area (Å²) in [5.41, 5.74) is 0. The number of likely N-dealkylation sites (N-methyl/N-ethyl adjacent to an activating group) is 1. The molecule has 0 bridgehead atoms. The van der Waals surface area contributed by atoms with E-state index in [1.165, 1.54) is 23.0 Å². The summed E-state index contributed by atoms with van der Waals surface area (Å²) < 4.78 is 0. The molecule has 0 saturated carbocycles. The first-order valence-corrected chi connectivity index (χ1v) is 10.9. The fourth-order valence-electron chi connectivity index (χ4n) is 3.12. The van der Waals surface area contributed by atoms with E-state index in [1.54, 1.807) is 0 Å². The van der Waals surface area contributed by atoms with E-state index in [0.29, 0.717) is 6.04 Å². The molecule has 2 N–H and O–H groups in total. The van der Waals surface area contributed by atoms with E-state index in [9.17, 15) is 0 Å². The van der Waals surface area contributed by atoms with Gasteiger partial charge in [-0.3, -0.25) is 9.89 Å². The number of aryl methyl sites for hydroxylation is 1. The molecule has 1 aliphatic heterocycles. The van der Waals surface area contributed by atoms with Crippen molar-refractivity contribution in [1.29, 1.82) is 0 Å². The maximum atomic E-state index is 4.80.